The number of nitrogen functional groups attached to an aromatic ring is 2. The number of hydrogen-bond donors (Lipinski definition) is 3. The van der Waals surface area contributed by atoms with Crippen LogP contribution in [0.15, 0.2) is 6.20 Å². The molecule has 6 nitrogen and oxygen atoms in total. The maximum absolute atomic E-state index is 11.3. The van der Waals surface area contributed by atoms with Crippen molar-refractivity contribution in [3.05, 3.63) is 11.8 Å². The van der Waals surface area contributed by atoms with E-state index < -0.39 is 0 Å². The van der Waals surface area contributed by atoms with Crippen LogP contribution in [0.1, 0.15) is 17.3 Å². The Morgan fingerprint density at radius 1 is 1.62 bits per heavy atom. The van der Waals surface area contributed by atoms with Gasteiger partial charge in [-0.25, -0.2) is 4.98 Å². The van der Waals surface area contributed by atoms with Crippen molar-refractivity contribution in [3.63, 3.8) is 0 Å². The van der Waals surface area contributed by atoms with Crippen molar-refractivity contribution in [3.8, 4) is 0 Å². The van der Waals surface area contributed by atoms with Crippen molar-refractivity contribution in [1.29, 1.82) is 0 Å². The highest BCUT2D eigenvalue weighted by Crippen LogP contribution is 2.07. The summed E-state index contributed by atoms with van der Waals surface area (Å²) in [6.45, 7) is 2.34. The lowest BCUT2D eigenvalue weighted by Gasteiger charge is -2.03. The molecule has 1 amide bonds. The Bertz CT molecular complexity index is 325. The molecule has 0 saturated carbocycles. The molecule has 1 rings (SSSR count). The Hall–Kier alpha value is -1.85. The summed E-state index contributed by atoms with van der Waals surface area (Å²) in [5.41, 5.74) is 11.0. The van der Waals surface area contributed by atoms with Gasteiger partial charge in [0.1, 0.15) is 5.82 Å². The van der Waals surface area contributed by atoms with E-state index in [2.05, 4.69) is 15.3 Å². The van der Waals surface area contributed by atoms with Gasteiger partial charge in [0.2, 0.25) is 5.95 Å². The van der Waals surface area contributed by atoms with Crippen LogP contribution in [0.3, 0.4) is 0 Å². The van der Waals surface area contributed by atoms with E-state index in [1.165, 1.54) is 6.20 Å². The van der Waals surface area contributed by atoms with Gasteiger partial charge in [-0.05, 0) is 6.92 Å². The standard InChI is InChI=1S/C7H11N5O/c1-2-10-6(13)4-3-11-7(9)12-5(4)8/h3H,2H2,1H3,(H,10,13)(H4,8,9,11,12). The van der Waals surface area contributed by atoms with E-state index in [-0.39, 0.29) is 23.2 Å². The molecule has 0 aromatic carbocycles. The molecule has 0 aliphatic carbocycles. The number of carbonyl (C=O) groups is 1. The van der Waals surface area contributed by atoms with Crippen LogP contribution in [0.2, 0.25) is 0 Å². The van der Waals surface area contributed by atoms with Crippen LogP contribution in [0.4, 0.5) is 11.8 Å². The van der Waals surface area contributed by atoms with Crippen LogP contribution in [-0.2, 0) is 0 Å². The van der Waals surface area contributed by atoms with Crippen LogP contribution in [-0.4, -0.2) is 22.4 Å². The van der Waals surface area contributed by atoms with E-state index in [0.717, 1.165) is 0 Å². The van der Waals surface area contributed by atoms with Gasteiger partial charge in [-0.15, -0.1) is 0 Å². The van der Waals surface area contributed by atoms with Gasteiger partial charge in [0.15, 0.2) is 0 Å². The van der Waals surface area contributed by atoms with Crippen LogP contribution >= 0.6 is 0 Å². The second kappa shape index (κ2) is 3.70. The van der Waals surface area contributed by atoms with E-state index in [1.54, 1.807) is 0 Å². The summed E-state index contributed by atoms with van der Waals surface area (Å²) < 4.78 is 0. The first kappa shape index (κ1) is 9.24. The summed E-state index contributed by atoms with van der Waals surface area (Å²) in [5, 5.41) is 2.58. The number of carbonyl (C=O) groups excluding carboxylic acids is 1. The summed E-state index contributed by atoms with van der Waals surface area (Å²) in [6, 6.07) is 0. The molecule has 1 aromatic rings. The van der Waals surface area contributed by atoms with Gasteiger partial charge in [-0.2, -0.15) is 4.98 Å². The van der Waals surface area contributed by atoms with E-state index in [9.17, 15) is 4.79 Å². The molecular weight excluding hydrogens is 170 g/mol. The maximum atomic E-state index is 11.3. The Morgan fingerprint density at radius 2 is 2.31 bits per heavy atom. The Labute approximate surface area is 75.4 Å². The van der Waals surface area contributed by atoms with Crippen molar-refractivity contribution in [2.45, 2.75) is 6.92 Å². The quantitative estimate of drug-likeness (QED) is 0.564. The number of nitrogens with one attached hydrogen (secondary N) is 1. The lowest BCUT2D eigenvalue weighted by molar-refractivity contribution is 0.0956. The van der Waals surface area contributed by atoms with Gasteiger partial charge in [0, 0.05) is 12.7 Å². The Morgan fingerprint density at radius 3 is 2.85 bits per heavy atom. The van der Waals surface area contributed by atoms with Crippen molar-refractivity contribution >= 4 is 17.7 Å². The highest BCUT2D eigenvalue weighted by atomic mass is 16.1. The third kappa shape index (κ3) is 2.05. The SMILES string of the molecule is CCNC(=O)c1cnc(N)nc1N. The molecule has 0 saturated heterocycles. The number of amides is 1. The zero-order valence-electron chi connectivity index (χ0n) is 7.24. The normalized spacial score (nSPS) is 9.62. The number of nitrogens with zero attached hydrogens (tertiary/aromatic N) is 2. The fourth-order valence-electron chi connectivity index (χ4n) is 0.840. The predicted molar refractivity (Wildman–Crippen MR) is 48.9 cm³/mol. The first-order valence-electron chi connectivity index (χ1n) is 3.81. The topological polar surface area (TPSA) is 107 Å². The number of rotatable bonds is 2. The van der Waals surface area contributed by atoms with Gasteiger partial charge in [0.05, 0.1) is 5.56 Å². The average molecular weight is 181 g/mol. The summed E-state index contributed by atoms with van der Waals surface area (Å²) in [5.74, 6) is -0.135. The van der Waals surface area contributed by atoms with Crippen molar-refractivity contribution in [2.75, 3.05) is 18.0 Å². The number of aromatic nitrogens is 2. The first-order valence-corrected chi connectivity index (χ1v) is 3.81. The monoisotopic (exact) mass is 181 g/mol. The van der Waals surface area contributed by atoms with Crippen molar-refractivity contribution in [2.24, 2.45) is 0 Å². The van der Waals surface area contributed by atoms with Gasteiger partial charge in [-0.1, -0.05) is 0 Å². The molecule has 0 aliphatic heterocycles. The number of anilines is 2. The minimum Gasteiger partial charge on any atom is -0.383 e. The maximum Gasteiger partial charge on any atom is 0.256 e. The van der Waals surface area contributed by atoms with Gasteiger partial charge in [0.25, 0.3) is 5.91 Å². The first-order chi connectivity index (χ1) is 6.15. The molecule has 0 bridgehead atoms. The molecule has 0 radical (unpaired) electrons. The molecular formula is C7H11N5O. The minimum atomic E-state index is -0.292. The summed E-state index contributed by atoms with van der Waals surface area (Å²) >= 11 is 0. The third-order valence-electron chi connectivity index (χ3n) is 1.42. The highest BCUT2D eigenvalue weighted by Gasteiger charge is 2.09. The molecule has 0 fully saturated rings. The lowest BCUT2D eigenvalue weighted by atomic mass is 10.3. The van der Waals surface area contributed by atoms with E-state index in [1.807, 2.05) is 6.92 Å². The molecule has 6 heteroatoms. The predicted octanol–water partition coefficient (Wildman–Crippen LogP) is -0.609. The summed E-state index contributed by atoms with van der Waals surface area (Å²) in [4.78, 5) is 18.6. The van der Waals surface area contributed by atoms with E-state index in [0.29, 0.717) is 6.54 Å². The molecule has 0 atom stereocenters. The van der Waals surface area contributed by atoms with E-state index in [4.69, 9.17) is 11.5 Å². The van der Waals surface area contributed by atoms with Gasteiger partial charge < -0.3 is 16.8 Å². The Balaban J connectivity index is 2.95. The molecule has 0 unspecified atom stereocenters. The second-order valence-corrected chi connectivity index (χ2v) is 2.39. The summed E-state index contributed by atoms with van der Waals surface area (Å²) in [6.07, 6.45) is 1.31. The molecule has 70 valence electrons. The van der Waals surface area contributed by atoms with Crippen molar-refractivity contribution < 1.29 is 4.79 Å². The fraction of sp³-hybridized carbons (Fsp3) is 0.286. The lowest BCUT2D eigenvalue weighted by Crippen LogP contribution is -2.24. The molecule has 13 heavy (non-hydrogen) atoms. The minimum absolute atomic E-state index is 0.0607. The number of nitrogens with two attached hydrogens (primary N) is 2. The second-order valence-electron chi connectivity index (χ2n) is 2.39. The third-order valence-corrected chi connectivity index (χ3v) is 1.42. The Kier molecular flexibility index (Phi) is 2.63. The molecule has 1 heterocycles. The van der Waals surface area contributed by atoms with Crippen LogP contribution in [0.5, 0.6) is 0 Å². The largest absolute Gasteiger partial charge is 0.383 e. The molecule has 5 N–H and O–H groups in total. The molecule has 0 aliphatic rings. The average Bonchev–Trinajstić information content (AvgIpc) is 2.04. The zero-order valence-corrected chi connectivity index (χ0v) is 7.24. The number of hydrogen-bond acceptors (Lipinski definition) is 5. The molecule has 1 aromatic heterocycles. The molecule has 0 spiro atoms. The van der Waals surface area contributed by atoms with E-state index >= 15 is 0 Å². The van der Waals surface area contributed by atoms with Gasteiger partial charge in [-0.3, -0.25) is 4.79 Å². The smallest absolute Gasteiger partial charge is 0.256 e. The summed E-state index contributed by atoms with van der Waals surface area (Å²) in [7, 11) is 0. The zero-order chi connectivity index (χ0) is 9.84. The van der Waals surface area contributed by atoms with Crippen LogP contribution in [0.25, 0.3) is 0 Å². The van der Waals surface area contributed by atoms with Crippen LogP contribution < -0.4 is 16.8 Å². The van der Waals surface area contributed by atoms with Crippen molar-refractivity contribution in [1.82, 2.24) is 15.3 Å². The highest BCUT2D eigenvalue weighted by molar-refractivity contribution is 5.98. The van der Waals surface area contributed by atoms with Gasteiger partial charge >= 0.3 is 0 Å². The fourth-order valence-corrected chi connectivity index (χ4v) is 0.840. The van der Waals surface area contributed by atoms with Crippen LogP contribution in [0, 0.1) is 0 Å².